The number of aromatic nitrogens is 5. The Morgan fingerprint density at radius 3 is 2.96 bits per heavy atom. The Labute approximate surface area is 147 Å². The van der Waals surface area contributed by atoms with Gasteiger partial charge in [0.05, 0.1) is 22.9 Å². The van der Waals surface area contributed by atoms with E-state index in [0.717, 1.165) is 38.4 Å². The zero-order valence-corrected chi connectivity index (χ0v) is 13.8. The molecule has 128 valence electrons. The summed E-state index contributed by atoms with van der Waals surface area (Å²) < 4.78 is 0. The number of nitrogens with one attached hydrogen (secondary N) is 4. The second kappa shape index (κ2) is 5.73. The number of nitrogens with zero attached hydrogens (tertiary/aromatic N) is 2. The molecule has 0 bridgehead atoms. The summed E-state index contributed by atoms with van der Waals surface area (Å²) in [6.07, 6.45) is 6.02. The average molecular weight is 344 g/mol. The fourth-order valence-electron chi connectivity index (χ4n) is 3.33. The fraction of sp³-hybridized carbons (Fsp3) is 0.105. The van der Waals surface area contributed by atoms with Crippen LogP contribution in [0.1, 0.15) is 16.1 Å². The molecule has 0 unspecified atom stereocenters. The third kappa shape index (κ3) is 2.33. The lowest BCUT2D eigenvalue weighted by Gasteiger charge is -2.04. The number of amides is 1. The molecule has 26 heavy (non-hydrogen) atoms. The van der Waals surface area contributed by atoms with E-state index in [0.29, 0.717) is 18.5 Å². The smallest absolute Gasteiger partial charge is 0.251 e. The highest BCUT2D eigenvalue weighted by atomic mass is 16.1. The van der Waals surface area contributed by atoms with Gasteiger partial charge in [-0.3, -0.25) is 9.89 Å². The number of carbonyl (C=O) groups excluding carboxylic acids is 1. The molecule has 1 amide bonds. The highest BCUT2D eigenvalue weighted by Crippen LogP contribution is 2.30. The van der Waals surface area contributed by atoms with Gasteiger partial charge in [0, 0.05) is 52.8 Å². The molecule has 0 aliphatic heterocycles. The summed E-state index contributed by atoms with van der Waals surface area (Å²) in [5, 5.41) is 12.3. The van der Waals surface area contributed by atoms with Crippen LogP contribution in [0.25, 0.3) is 32.7 Å². The molecule has 5 rings (SSSR count). The molecular formula is C19H16N6O. The van der Waals surface area contributed by atoms with Crippen LogP contribution >= 0.6 is 0 Å². The molecule has 7 nitrogen and oxygen atoms in total. The first-order chi connectivity index (χ1) is 12.8. The lowest BCUT2D eigenvalue weighted by atomic mass is 10.1. The summed E-state index contributed by atoms with van der Waals surface area (Å²) in [5.74, 6) is -0.100. The number of carbonyl (C=O) groups is 1. The molecular weight excluding hydrogens is 328 g/mol. The van der Waals surface area contributed by atoms with Gasteiger partial charge in [0.15, 0.2) is 0 Å². The normalized spacial score (nSPS) is 11.5. The summed E-state index contributed by atoms with van der Waals surface area (Å²) in [5.41, 5.74) is 4.32. The first-order valence-corrected chi connectivity index (χ1v) is 8.43. The van der Waals surface area contributed by atoms with Crippen molar-refractivity contribution < 1.29 is 4.79 Å². The Morgan fingerprint density at radius 2 is 2.08 bits per heavy atom. The minimum Gasteiger partial charge on any atom is -0.352 e. The van der Waals surface area contributed by atoms with Crippen LogP contribution in [0.4, 0.5) is 0 Å². The number of H-pyrrole nitrogens is 3. The molecule has 0 atom stereocenters. The van der Waals surface area contributed by atoms with Crippen molar-refractivity contribution in [2.75, 3.05) is 6.54 Å². The van der Waals surface area contributed by atoms with Crippen LogP contribution in [-0.4, -0.2) is 37.6 Å². The number of imidazole rings is 1. The van der Waals surface area contributed by atoms with Gasteiger partial charge in [0.25, 0.3) is 5.91 Å². The number of rotatable bonds is 4. The summed E-state index contributed by atoms with van der Waals surface area (Å²) in [4.78, 5) is 24.2. The summed E-state index contributed by atoms with van der Waals surface area (Å²) in [6, 6.07) is 9.78. The van der Waals surface area contributed by atoms with Crippen LogP contribution in [0.15, 0.2) is 49.1 Å². The van der Waals surface area contributed by atoms with Crippen LogP contribution in [0.5, 0.6) is 0 Å². The highest BCUT2D eigenvalue weighted by Gasteiger charge is 2.12. The summed E-state index contributed by atoms with van der Waals surface area (Å²) in [7, 11) is 0. The predicted molar refractivity (Wildman–Crippen MR) is 100 cm³/mol. The number of fused-ring (bicyclic) bond motifs is 5. The third-order valence-electron chi connectivity index (χ3n) is 4.65. The Balaban J connectivity index is 1.45. The minimum absolute atomic E-state index is 0.100. The highest BCUT2D eigenvalue weighted by molar-refractivity contribution is 6.16. The van der Waals surface area contributed by atoms with Gasteiger partial charge in [-0.15, -0.1) is 0 Å². The zero-order chi connectivity index (χ0) is 17.5. The fourth-order valence-corrected chi connectivity index (χ4v) is 3.33. The van der Waals surface area contributed by atoms with E-state index in [1.807, 2.05) is 24.4 Å². The van der Waals surface area contributed by atoms with Crippen LogP contribution in [0.2, 0.25) is 0 Å². The van der Waals surface area contributed by atoms with E-state index in [2.05, 4.69) is 37.6 Å². The lowest BCUT2D eigenvalue weighted by molar-refractivity contribution is 0.0954. The number of hydrogen-bond donors (Lipinski definition) is 4. The molecule has 3 heterocycles. The zero-order valence-electron chi connectivity index (χ0n) is 13.8. The van der Waals surface area contributed by atoms with Crippen LogP contribution in [0.3, 0.4) is 0 Å². The van der Waals surface area contributed by atoms with E-state index in [9.17, 15) is 4.79 Å². The second-order valence-corrected chi connectivity index (χ2v) is 6.27. The van der Waals surface area contributed by atoms with Gasteiger partial charge in [-0.05, 0) is 12.1 Å². The third-order valence-corrected chi connectivity index (χ3v) is 4.65. The van der Waals surface area contributed by atoms with Gasteiger partial charge in [0.2, 0.25) is 0 Å². The van der Waals surface area contributed by atoms with E-state index in [4.69, 9.17) is 4.98 Å². The Morgan fingerprint density at radius 1 is 1.15 bits per heavy atom. The number of benzene rings is 2. The van der Waals surface area contributed by atoms with Crippen molar-refractivity contribution in [1.82, 2.24) is 30.5 Å². The standard InChI is InChI=1S/C19H16N6O/c26-19(21-6-5-13-9-20-10-22-13)11-1-3-14-15-4-2-12-8-23-25-17(12)18(15)24-16(14)7-11/h1-4,7-10,23,25H,5-6H2,(H,20,22)(H,21,26). The molecule has 0 saturated carbocycles. The molecule has 0 spiro atoms. The van der Waals surface area contributed by atoms with Crippen LogP contribution in [-0.2, 0) is 6.42 Å². The van der Waals surface area contributed by atoms with E-state index >= 15 is 0 Å². The Bertz CT molecular complexity index is 1230. The molecule has 7 heteroatoms. The maximum absolute atomic E-state index is 12.4. The maximum atomic E-state index is 12.4. The van der Waals surface area contributed by atoms with Gasteiger partial charge < -0.3 is 15.4 Å². The largest absolute Gasteiger partial charge is 0.352 e. The lowest BCUT2D eigenvalue weighted by Crippen LogP contribution is -2.25. The van der Waals surface area contributed by atoms with Crippen molar-refractivity contribution in [3.8, 4) is 0 Å². The Hall–Kier alpha value is -3.61. The second-order valence-electron chi connectivity index (χ2n) is 6.27. The van der Waals surface area contributed by atoms with Crippen molar-refractivity contribution in [3.63, 3.8) is 0 Å². The van der Waals surface area contributed by atoms with Crippen molar-refractivity contribution in [2.45, 2.75) is 6.42 Å². The first-order valence-electron chi connectivity index (χ1n) is 8.43. The monoisotopic (exact) mass is 344 g/mol. The molecule has 3 aromatic heterocycles. The van der Waals surface area contributed by atoms with Gasteiger partial charge in [0.1, 0.15) is 0 Å². The Kier molecular flexibility index (Phi) is 3.24. The molecule has 5 aromatic rings. The van der Waals surface area contributed by atoms with E-state index in [1.165, 1.54) is 0 Å². The molecule has 0 radical (unpaired) electrons. The molecule has 4 N–H and O–H groups in total. The van der Waals surface area contributed by atoms with Crippen molar-refractivity contribution >= 4 is 38.6 Å². The summed E-state index contributed by atoms with van der Waals surface area (Å²) in [6.45, 7) is 0.550. The van der Waals surface area contributed by atoms with E-state index in [-0.39, 0.29) is 5.91 Å². The topological polar surface area (TPSA) is 102 Å². The molecule has 2 aromatic carbocycles. The van der Waals surface area contributed by atoms with E-state index < -0.39 is 0 Å². The van der Waals surface area contributed by atoms with Crippen LogP contribution in [0, 0.1) is 0 Å². The van der Waals surface area contributed by atoms with Gasteiger partial charge in [-0.2, -0.15) is 0 Å². The van der Waals surface area contributed by atoms with E-state index in [1.54, 1.807) is 12.5 Å². The minimum atomic E-state index is -0.100. The quantitative estimate of drug-likeness (QED) is 0.403. The predicted octanol–water partition coefficient (Wildman–Crippen LogP) is 2.89. The van der Waals surface area contributed by atoms with Gasteiger partial charge in [-0.25, -0.2) is 9.97 Å². The number of aromatic amines is 3. The maximum Gasteiger partial charge on any atom is 0.251 e. The van der Waals surface area contributed by atoms with Gasteiger partial charge in [-0.1, -0.05) is 18.2 Å². The van der Waals surface area contributed by atoms with Gasteiger partial charge >= 0.3 is 0 Å². The molecule has 0 fully saturated rings. The molecule has 0 saturated heterocycles. The average Bonchev–Trinajstić information content (AvgIpc) is 3.39. The number of hydrogen-bond acceptors (Lipinski definition) is 3. The van der Waals surface area contributed by atoms with Crippen molar-refractivity contribution in [1.29, 1.82) is 0 Å². The molecule has 0 aliphatic carbocycles. The van der Waals surface area contributed by atoms with Crippen molar-refractivity contribution in [3.05, 3.63) is 60.3 Å². The van der Waals surface area contributed by atoms with Crippen LogP contribution < -0.4 is 5.32 Å². The van der Waals surface area contributed by atoms with Crippen molar-refractivity contribution in [2.24, 2.45) is 0 Å². The molecule has 0 aliphatic rings. The SMILES string of the molecule is O=C(NCCc1cnc[nH]1)c1ccc2c(c1)nc1c2ccc2c[nH][nH]c21. The first kappa shape index (κ1) is 14.7. The summed E-state index contributed by atoms with van der Waals surface area (Å²) >= 11 is 0.